The van der Waals surface area contributed by atoms with Gasteiger partial charge in [0.1, 0.15) is 0 Å². The summed E-state index contributed by atoms with van der Waals surface area (Å²) >= 11 is 0. The van der Waals surface area contributed by atoms with Gasteiger partial charge in [-0.1, -0.05) is 63.6 Å². The predicted molar refractivity (Wildman–Crippen MR) is 73.7 cm³/mol. The van der Waals surface area contributed by atoms with Gasteiger partial charge in [-0.15, -0.1) is 0 Å². The maximum atomic E-state index is 2.35. The van der Waals surface area contributed by atoms with Crippen LogP contribution in [0.4, 0.5) is 0 Å². The lowest BCUT2D eigenvalue weighted by atomic mass is 9.92. The monoisotopic (exact) mass is 216 g/mol. The molecule has 0 saturated heterocycles. The van der Waals surface area contributed by atoms with E-state index in [-0.39, 0.29) is 0 Å². The Labute approximate surface area is 100 Å². The van der Waals surface area contributed by atoms with Crippen molar-refractivity contribution in [1.82, 2.24) is 0 Å². The molecule has 0 spiro atoms. The van der Waals surface area contributed by atoms with Crippen molar-refractivity contribution in [3.63, 3.8) is 0 Å². The highest BCUT2D eigenvalue weighted by Crippen LogP contribution is 2.27. The lowest BCUT2D eigenvalue weighted by molar-refractivity contribution is 0.610. The summed E-state index contributed by atoms with van der Waals surface area (Å²) in [5.74, 6) is 0.717. The SMILES string of the molecule is CC.CC1CCCC/C=C/c2ccccc21. The first-order valence-corrected chi connectivity index (χ1v) is 6.63. The van der Waals surface area contributed by atoms with Crippen molar-refractivity contribution < 1.29 is 0 Å². The Hall–Kier alpha value is -1.04. The van der Waals surface area contributed by atoms with Crippen molar-refractivity contribution in [3.8, 4) is 0 Å². The van der Waals surface area contributed by atoms with E-state index in [1.807, 2.05) is 13.8 Å². The van der Waals surface area contributed by atoms with E-state index in [0.717, 1.165) is 0 Å². The van der Waals surface area contributed by atoms with E-state index in [9.17, 15) is 0 Å². The minimum Gasteiger partial charge on any atom is -0.0839 e. The Morgan fingerprint density at radius 3 is 2.62 bits per heavy atom. The fourth-order valence-corrected chi connectivity index (χ4v) is 2.19. The molecule has 0 aliphatic heterocycles. The first kappa shape index (κ1) is 13.0. The van der Waals surface area contributed by atoms with E-state index >= 15 is 0 Å². The molecule has 1 unspecified atom stereocenters. The average molecular weight is 216 g/mol. The van der Waals surface area contributed by atoms with Crippen molar-refractivity contribution in [2.45, 2.75) is 52.4 Å². The van der Waals surface area contributed by atoms with Crippen LogP contribution in [-0.2, 0) is 0 Å². The van der Waals surface area contributed by atoms with Crippen LogP contribution in [0, 0.1) is 0 Å². The average Bonchev–Trinajstić information content (AvgIpc) is 2.44. The van der Waals surface area contributed by atoms with Crippen LogP contribution in [0.15, 0.2) is 30.3 Å². The van der Waals surface area contributed by atoms with Crippen LogP contribution < -0.4 is 0 Å². The Morgan fingerprint density at radius 1 is 1.06 bits per heavy atom. The molecule has 1 aliphatic carbocycles. The van der Waals surface area contributed by atoms with Crippen LogP contribution in [-0.4, -0.2) is 0 Å². The van der Waals surface area contributed by atoms with E-state index in [1.54, 1.807) is 0 Å². The molecule has 0 saturated carbocycles. The zero-order chi connectivity index (χ0) is 11.8. The molecule has 0 amide bonds. The van der Waals surface area contributed by atoms with Gasteiger partial charge in [-0.05, 0) is 36.3 Å². The van der Waals surface area contributed by atoms with E-state index in [2.05, 4.69) is 43.3 Å². The molecule has 0 bridgehead atoms. The van der Waals surface area contributed by atoms with E-state index in [0.29, 0.717) is 5.92 Å². The van der Waals surface area contributed by atoms with Crippen molar-refractivity contribution in [3.05, 3.63) is 41.5 Å². The zero-order valence-corrected chi connectivity index (χ0v) is 10.9. The lowest BCUT2D eigenvalue weighted by Crippen LogP contribution is -1.95. The molecule has 0 nitrogen and oxygen atoms in total. The van der Waals surface area contributed by atoms with Gasteiger partial charge in [-0.2, -0.15) is 0 Å². The first-order chi connectivity index (χ1) is 7.88. The first-order valence-electron chi connectivity index (χ1n) is 6.63. The zero-order valence-electron chi connectivity index (χ0n) is 10.9. The van der Waals surface area contributed by atoms with Gasteiger partial charge in [-0.3, -0.25) is 0 Å². The van der Waals surface area contributed by atoms with E-state index < -0.39 is 0 Å². The highest BCUT2D eigenvalue weighted by atomic mass is 14.1. The third-order valence-electron chi connectivity index (χ3n) is 3.08. The molecule has 1 aromatic carbocycles. The summed E-state index contributed by atoms with van der Waals surface area (Å²) in [6.07, 6.45) is 9.88. The molecule has 2 rings (SSSR count). The summed E-state index contributed by atoms with van der Waals surface area (Å²) in [4.78, 5) is 0. The standard InChI is InChI=1S/C14H18.C2H6/c1-12-8-4-2-3-5-9-13-10-6-7-11-14(12)13;1-2/h5-7,9-12H,2-4,8H2,1H3;1-2H3/b9-5+;. The molecule has 88 valence electrons. The minimum absolute atomic E-state index is 0.717. The van der Waals surface area contributed by atoms with E-state index in [1.165, 1.54) is 36.8 Å². The Kier molecular flexibility index (Phi) is 5.92. The van der Waals surface area contributed by atoms with Gasteiger partial charge in [0.15, 0.2) is 0 Å². The van der Waals surface area contributed by atoms with Gasteiger partial charge >= 0.3 is 0 Å². The van der Waals surface area contributed by atoms with Gasteiger partial charge in [0.05, 0.1) is 0 Å². The maximum Gasteiger partial charge on any atom is -0.0184 e. The van der Waals surface area contributed by atoms with Gasteiger partial charge < -0.3 is 0 Å². The van der Waals surface area contributed by atoms with Crippen molar-refractivity contribution in [1.29, 1.82) is 0 Å². The Balaban J connectivity index is 0.000000606. The lowest BCUT2D eigenvalue weighted by Gasteiger charge is -2.13. The number of allylic oxidation sites excluding steroid dienone is 1. The van der Waals surface area contributed by atoms with Gasteiger partial charge in [0.25, 0.3) is 0 Å². The quantitative estimate of drug-likeness (QED) is 0.544. The van der Waals surface area contributed by atoms with Crippen LogP contribution in [0.5, 0.6) is 0 Å². The van der Waals surface area contributed by atoms with Gasteiger partial charge in [0.2, 0.25) is 0 Å². The smallest absolute Gasteiger partial charge is 0.0184 e. The van der Waals surface area contributed by atoms with Crippen LogP contribution in [0.3, 0.4) is 0 Å². The van der Waals surface area contributed by atoms with Crippen molar-refractivity contribution in [2.75, 3.05) is 0 Å². The largest absolute Gasteiger partial charge is 0.0839 e. The second-order valence-electron chi connectivity index (χ2n) is 4.22. The molecular formula is C16H24. The van der Waals surface area contributed by atoms with Crippen molar-refractivity contribution >= 4 is 6.08 Å². The molecule has 0 fully saturated rings. The topological polar surface area (TPSA) is 0 Å². The molecule has 16 heavy (non-hydrogen) atoms. The molecular weight excluding hydrogens is 192 g/mol. The van der Waals surface area contributed by atoms with Crippen LogP contribution in [0.25, 0.3) is 6.08 Å². The van der Waals surface area contributed by atoms with Gasteiger partial charge in [0, 0.05) is 0 Å². The molecule has 0 aromatic heterocycles. The van der Waals surface area contributed by atoms with Crippen LogP contribution >= 0.6 is 0 Å². The molecule has 1 aromatic rings. The third kappa shape index (κ3) is 3.52. The number of hydrogen-bond acceptors (Lipinski definition) is 0. The van der Waals surface area contributed by atoms with Crippen LogP contribution in [0.1, 0.15) is 63.5 Å². The third-order valence-corrected chi connectivity index (χ3v) is 3.08. The normalized spacial score (nSPS) is 21.6. The number of hydrogen-bond donors (Lipinski definition) is 0. The summed E-state index contributed by atoms with van der Waals surface area (Å²) in [6, 6.07) is 8.79. The highest BCUT2D eigenvalue weighted by Gasteiger charge is 2.09. The fraction of sp³-hybridized carbons (Fsp3) is 0.500. The highest BCUT2D eigenvalue weighted by molar-refractivity contribution is 5.54. The summed E-state index contributed by atoms with van der Waals surface area (Å²) in [5.41, 5.74) is 2.94. The molecule has 0 heterocycles. The second kappa shape index (κ2) is 7.27. The maximum absolute atomic E-state index is 2.35. The summed E-state index contributed by atoms with van der Waals surface area (Å²) < 4.78 is 0. The molecule has 0 N–H and O–H groups in total. The molecule has 0 radical (unpaired) electrons. The van der Waals surface area contributed by atoms with E-state index in [4.69, 9.17) is 0 Å². The number of rotatable bonds is 0. The number of fused-ring (bicyclic) bond motifs is 1. The summed E-state index contributed by atoms with van der Waals surface area (Å²) in [5, 5.41) is 0. The molecule has 1 aliphatic rings. The predicted octanol–water partition coefficient (Wildman–Crippen LogP) is 5.40. The molecule has 0 heteroatoms. The van der Waals surface area contributed by atoms with Crippen LogP contribution in [0.2, 0.25) is 0 Å². The Bertz CT molecular complexity index is 323. The number of benzene rings is 1. The minimum atomic E-state index is 0.717. The Morgan fingerprint density at radius 2 is 1.81 bits per heavy atom. The second-order valence-corrected chi connectivity index (χ2v) is 4.22. The fourth-order valence-electron chi connectivity index (χ4n) is 2.19. The van der Waals surface area contributed by atoms with Gasteiger partial charge in [-0.25, -0.2) is 0 Å². The van der Waals surface area contributed by atoms with Crippen molar-refractivity contribution in [2.24, 2.45) is 0 Å². The molecule has 1 atom stereocenters. The summed E-state index contributed by atoms with van der Waals surface area (Å²) in [6.45, 7) is 6.35. The summed E-state index contributed by atoms with van der Waals surface area (Å²) in [7, 11) is 0.